The number of fused-ring (bicyclic) bond motifs is 3. The van der Waals surface area contributed by atoms with Gasteiger partial charge in [-0.15, -0.1) is 0 Å². The lowest BCUT2D eigenvalue weighted by atomic mass is 10.2. The zero-order valence-corrected chi connectivity index (χ0v) is 13.5. The summed E-state index contributed by atoms with van der Waals surface area (Å²) >= 11 is 0. The van der Waals surface area contributed by atoms with Crippen molar-refractivity contribution >= 4 is 11.0 Å². The molecule has 0 unspecified atom stereocenters. The molecule has 24 heavy (non-hydrogen) atoms. The summed E-state index contributed by atoms with van der Waals surface area (Å²) in [6, 6.07) is 8.15. The SMILES string of the molecule is Cc1ccc2c(c1)nc1n2[C@@H](CNCc2ccncc2F)COC1. The van der Waals surface area contributed by atoms with Gasteiger partial charge in [-0.05, 0) is 30.7 Å². The summed E-state index contributed by atoms with van der Waals surface area (Å²) in [6.07, 6.45) is 2.85. The van der Waals surface area contributed by atoms with E-state index in [0.29, 0.717) is 31.9 Å². The average Bonchev–Trinajstić information content (AvgIpc) is 2.94. The molecule has 1 aromatic carbocycles. The van der Waals surface area contributed by atoms with E-state index < -0.39 is 0 Å². The first-order valence-corrected chi connectivity index (χ1v) is 8.06. The molecule has 124 valence electrons. The molecule has 6 heteroatoms. The Kier molecular flexibility index (Phi) is 4.00. The molecule has 3 heterocycles. The predicted octanol–water partition coefficient (Wildman–Crippen LogP) is 2.74. The van der Waals surface area contributed by atoms with E-state index in [-0.39, 0.29) is 11.9 Å². The number of halogens is 1. The Morgan fingerprint density at radius 2 is 2.29 bits per heavy atom. The van der Waals surface area contributed by atoms with Crippen LogP contribution in [0.1, 0.15) is 23.0 Å². The van der Waals surface area contributed by atoms with Gasteiger partial charge in [0.05, 0.1) is 29.9 Å². The van der Waals surface area contributed by atoms with Crippen molar-refractivity contribution in [3.8, 4) is 0 Å². The summed E-state index contributed by atoms with van der Waals surface area (Å²) < 4.78 is 21.6. The first-order chi connectivity index (χ1) is 11.7. The average molecular weight is 326 g/mol. The fraction of sp³-hybridized carbons (Fsp3) is 0.333. The van der Waals surface area contributed by atoms with Gasteiger partial charge >= 0.3 is 0 Å². The van der Waals surface area contributed by atoms with Gasteiger partial charge in [0.15, 0.2) is 0 Å². The number of aryl methyl sites for hydroxylation is 1. The number of pyridine rings is 1. The molecule has 0 radical (unpaired) electrons. The van der Waals surface area contributed by atoms with E-state index in [0.717, 1.165) is 16.9 Å². The quantitative estimate of drug-likeness (QED) is 0.801. The zero-order valence-electron chi connectivity index (χ0n) is 13.5. The molecular formula is C18H19FN4O. The number of imidazole rings is 1. The Morgan fingerprint density at radius 3 is 3.17 bits per heavy atom. The van der Waals surface area contributed by atoms with E-state index in [9.17, 15) is 4.39 Å². The van der Waals surface area contributed by atoms with Crippen molar-refractivity contribution in [2.75, 3.05) is 13.2 Å². The number of nitrogens with one attached hydrogen (secondary N) is 1. The van der Waals surface area contributed by atoms with Crippen molar-refractivity contribution in [3.05, 3.63) is 59.4 Å². The molecule has 5 nitrogen and oxygen atoms in total. The third-order valence-electron chi connectivity index (χ3n) is 4.38. The Hall–Kier alpha value is -2.31. The second-order valence-corrected chi connectivity index (χ2v) is 6.16. The molecule has 0 saturated carbocycles. The molecule has 1 aliphatic heterocycles. The van der Waals surface area contributed by atoms with Crippen LogP contribution in [0.5, 0.6) is 0 Å². The highest BCUT2D eigenvalue weighted by Gasteiger charge is 2.23. The number of hydrogen-bond donors (Lipinski definition) is 1. The molecule has 0 spiro atoms. The minimum Gasteiger partial charge on any atom is -0.371 e. The van der Waals surface area contributed by atoms with Crippen LogP contribution in [0.4, 0.5) is 4.39 Å². The third-order valence-corrected chi connectivity index (χ3v) is 4.38. The Labute approximate surface area is 139 Å². The Balaban J connectivity index is 1.54. The van der Waals surface area contributed by atoms with E-state index in [1.165, 1.54) is 11.8 Å². The van der Waals surface area contributed by atoms with Gasteiger partial charge < -0.3 is 14.6 Å². The predicted molar refractivity (Wildman–Crippen MR) is 89.1 cm³/mol. The Bertz CT molecular complexity index is 877. The molecule has 0 saturated heterocycles. The molecular weight excluding hydrogens is 307 g/mol. The van der Waals surface area contributed by atoms with Gasteiger partial charge in [0.25, 0.3) is 0 Å². The van der Waals surface area contributed by atoms with Crippen LogP contribution in [0.15, 0.2) is 36.7 Å². The van der Waals surface area contributed by atoms with Crippen LogP contribution >= 0.6 is 0 Å². The topological polar surface area (TPSA) is 52.0 Å². The van der Waals surface area contributed by atoms with Gasteiger partial charge in [-0.25, -0.2) is 9.37 Å². The van der Waals surface area contributed by atoms with Crippen LogP contribution < -0.4 is 5.32 Å². The van der Waals surface area contributed by atoms with Gasteiger partial charge in [-0.3, -0.25) is 4.98 Å². The number of nitrogens with zero attached hydrogens (tertiary/aromatic N) is 3. The second-order valence-electron chi connectivity index (χ2n) is 6.16. The Morgan fingerprint density at radius 1 is 1.38 bits per heavy atom. The second kappa shape index (κ2) is 6.30. The summed E-state index contributed by atoms with van der Waals surface area (Å²) in [5.74, 6) is 0.665. The monoisotopic (exact) mass is 326 g/mol. The van der Waals surface area contributed by atoms with Crippen LogP contribution in [-0.2, 0) is 17.9 Å². The molecule has 0 amide bonds. The normalized spacial score (nSPS) is 17.2. The molecule has 0 aliphatic carbocycles. The zero-order chi connectivity index (χ0) is 16.5. The van der Waals surface area contributed by atoms with E-state index in [1.54, 1.807) is 12.3 Å². The molecule has 0 fully saturated rings. The fourth-order valence-electron chi connectivity index (χ4n) is 3.20. The maximum atomic E-state index is 13.6. The summed E-state index contributed by atoms with van der Waals surface area (Å²) in [6.45, 7) is 4.37. The summed E-state index contributed by atoms with van der Waals surface area (Å²) in [5.41, 5.74) is 3.94. The van der Waals surface area contributed by atoms with E-state index in [2.05, 4.69) is 45.0 Å². The van der Waals surface area contributed by atoms with E-state index >= 15 is 0 Å². The highest BCUT2D eigenvalue weighted by molar-refractivity contribution is 5.77. The maximum Gasteiger partial charge on any atom is 0.145 e. The van der Waals surface area contributed by atoms with Crippen molar-refractivity contribution in [3.63, 3.8) is 0 Å². The molecule has 4 rings (SSSR count). The number of aromatic nitrogens is 3. The minimum absolute atomic E-state index is 0.145. The van der Waals surface area contributed by atoms with Crippen LogP contribution in [-0.4, -0.2) is 27.7 Å². The lowest BCUT2D eigenvalue weighted by Gasteiger charge is -2.26. The molecule has 3 aromatic rings. The number of rotatable bonds is 4. The van der Waals surface area contributed by atoms with Gasteiger partial charge in [-0.1, -0.05) is 6.07 Å². The van der Waals surface area contributed by atoms with Gasteiger partial charge in [-0.2, -0.15) is 0 Å². The van der Waals surface area contributed by atoms with Crippen molar-refractivity contribution in [2.24, 2.45) is 0 Å². The molecule has 1 aliphatic rings. The van der Waals surface area contributed by atoms with Crippen LogP contribution in [0, 0.1) is 12.7 Å². The molecule has 0 bridgehead atoms. The molecule has 1 atom stereocenters. The summed E-state index contributed by atoms with van der Waals surface area (Å²) in [5, 5.41) is 3.32. The molecule has 1 N–H and O–H groups in total. The third kappa shape index (κ3) is 2.79. The van der Waals surface area contributed by atoms with Crippen LogP contribution in [0.25, 0.3) is 11.0 Å². The van der Waals surface area contributed by atoms with Crippen LogP contribution in [0.2, 0.25) is 0 Å². The van der Waals surface area contributed by atoms with Crippen LogP contribution in [0.3, 0.4) is 0 Å². The van der Waals surface area contributed by atoms with Gasteiger partial charge in [0, 0.05) is 24.8 Å². The van der Waals surface area contributed by atoms with Gasteiger partial charge in [0.2, 0.25) is 0 Å². The van der Waals surface area contributed by atoms with Crippen molar-refractivity contribution in [1.29, 1.82) is 0 Å². The first kappa shape index (κ1) is 15.2. The first-order valence-electron chi connectivity index (χ1n) is 8.06. The highest BCUT2D eigenvalue weighted by Crippen LogP contribution is 2.26. The summed E-state index contributed by atoms with van der Waals surface area (Å²) in [4.78, 5) is 8.46. The van der Waals surface area contributed by atoms with E-state index in [1.807, 2.05) is 0 Å². The molecule has 2 aromatic heterocycles. The lowest BCUT2D eigenvalue weighted by molar-refractivity contribution is 0.0564. The smallest absolute Gasteiger partial charge is 0.145 e. The standard InChI is InChI=1S/C18H19FN4O/c1-12-2-3-17-16(6-12)22-18-11-24-10-14(23(17)18)8-21-7-13-4-5-20-9-15(13)19/h2-6,9,14,21H,7-8,10-11H2,1H3/t14-/m0/s1. The van der Waals surface area contributed by atoms with E-state index in [4.69, 9.17) is 4.74 Å². The lowest BCUT2D eigenvalue weighted by Crippen LogP contribution is -2.32. The largest absolute Gasteiger partial charge is 0.371 e. The van der Waals surface area contributed by atoms with Gasteiger partial charge in [0.1, 0.15) is 18.2 Å². The number of benzene rings is 1. The van der Waals surface area contributed by atoms with Crippen molar-refractivity contribution in [2.45, 2.75) is 26.1 Å². The maximum absolute atomic E-state index is 13.6. The van der Waals surface area contributed by atoms with Crippen molar-refractivity contribution < 1.29 is 9.13 Å². The fourth-order valence-corrected chi connectivity index (χ4v) is 3.20. The van der Waals surface area contributed by atoms with Crippen molar-refractivity contribution in [1.82, 2.24) is 19.9 Å². The number of hydrogen-bond acceptors (Lipinski definition) is 4. The summed E-state index contributed by atoms with van der Waals surface area (Å²) in [7, 11) is 0. The highest BCUT2D eigenvalue weighted by atomic mass is 19.1. The number of ether oxygens (including phenoxy) is 1. The minimum atomic E-state index is -0.283.